The number of nitrogens with one attached hydrogen (secondary N) is 1. The molecule has 0 unspecified atom stereocenters. The van der Waals surface area contributed by atoms with Crippen LogP contribution < -0.4 is 5.32 Å². The highest BCUT2D eigenvalue weighted by atomic mass is 16.2. The van der Waals surface area contributed by atoms with Gasteiger partial charge in [0.25, 0.3) is 0 Å². The molecule has 6 heteroatoms. The first kappa shape index (κ1) is 15.5. The van der Waals surface area contributed by atoms with E-state index in [2.05, 4.69) is 10.4 Å². The van der Waals surface area contributed by atoms with Crippen LogP contribution in [0, 0.1) is 0 Å². The zero-order valence-electron chi connectivity index (χ0n) is 12.5. The normalized spacial score (nSPS) is 17.9. The summed E-state index contributed by atoms with van der Waals surface area (Å²) in [7, 11) is 0. The fraction of sp³-hybridized carbons (Fsp3) is 0.667. The van der Waals surface area contributed by atoms with E-state index >= 15 is 0 Å². The Morgan fingerprint density at radius 2 is 2.10 bits per heavy atom. The zero-order valence-corrected chi connectivity index (χ0v) is 12.5. The summed E-state index contributed by atoms with van der Waals surface area (Å²) in [4.78, 5) is 25.8. The van der Waals surface area contributed by atoms with Gasteiger partial charge in [-0.15, -0.1) is 0 Å². The second-order valence-electron chi connectivity index (χ2n) is 5.41. The van der Waals surface area contributed by atoms with Crippen LogP contribution >= 0.6 is 0 Å². The first-order chi connectivity index (χ1) is 10.3. The van der Waals surface area contributed by atoms with Crippen LogP contribution in [0.4, 0.5) is 0 Å². The number of carbonyl (C=O) groups excluding carboxylic acids is 2. The van der Waals surface area contributed by atoms with Crippen LogP contribution in [0.2, 0.25) is 0 Å². The second-order valence-corrected chi connectivity index (χ2v) is 5.41. The van der Waals surface area contributed by atoms with E-state index in [0.29, 0.717) is 25.9 Å². The van der Waals surface area contributed by atoms with Crippen molar-refractivity contribution < 1.29 is 9.59 Å². The number of amides is 2. The number of carbonyl (C=O) groups is 2. The van der Waals surface area contributed by atoms with Gasteiger partial charge in [0.1, 0.15) is 0 Å². The fourth-order valence-electron chi connectivity index (χ4n) is 2.50. The number of aryl methyl sites for hydroxylation is 1. The second kappa shape index (κ2) is 8.44. The molecule has 1 aliphatic rings. The lowest BCUT2D eigenvalue weighted by molar-refractivity contribution is -0.132. The molecular formula is C15H24N4O2. The van der Waals surface area contributed by atoms with Crippen molar-refractivity contribution in [3.8, 4) is 0 Å². The molecule has 0 bridgehead atoms. The van der Waals surface area contributed by atoms with Crippen molar-refractivity contribution in [1.29, 1.82) is 0 Å². The van der Waals surface area contributed by atoms with Gasteiger partial charge in [-0.1, -0.05) is 12.8 Å². The summed E-state index contributed by atoms with van der Waals surface area (Å²) < 4.78 is 1.76. The average Bonchev–Trinajstić information content (AvgIpc) is 2.98. The molecule has 6 nitrogen and oxygen atoms in total. The molecule has 1 N–H and O–H groups in total. The topological polar surface area (TPSA) is 67.2 Å². The van der Waals surface area contributed by atoms with Gasteiger partial charge in [-0.05, 0) is 18.9 Å². The fourth-order valence-corrected chi connectivity index (χ4v) is 2.50. The van der Waals surface area contributed by atoms with Gasteiger partial charge in [-0.2, -0.15) is 5.10 Å². The number of hydrogen-bond donors (Lipinski definition) is 1. The van der Waals surface area contributed by atoms with Crippen LogP contribution in [0.15, 0.2) is 18.5 Å². The van der Waals surface area contributed by atoms with Crippen molar-refractivity contribution in [3.63, 3.8) is 0 Å². The Morgan fingerprint density at radius 3 is 2.90 bits per heavy atom. The highest BCUT2D eigenvalue weighted by Gasteiger charge is 2.15. The number of nitrogens with zero attached hydrogens (tertiary/aromatic N) is 3. The van der Waals surface area contributed by atoms with Crippen molar-refractivity contribution >= 4 is 11.8 Å². The summed E-state index contributed by atoms with van der Waals surface area (Å²) in [6, 6.07) is 1.85. The van der Waals surface area contributed by atoms with E-state index in [1.165, 1.54) is 0 Å². The maximum absolute atomic E-state index is 12.3. The Morgan fingerprint density at radius 1 is 1.24 bits per heavy atom. The lowest BCUT2D eigenvalue weighted by Crippen LogP contribution is -2.36. The van der Waals surface area contributed by atoms with Crippen LogP contribution in [0.25, 0.3) is 0 Å². The minimum atomic E-state index is 0.0433. The third-order valence-electron chi connectivity index (χ3n) is 3.75. The van der Waals surface area contributed by atoms with Crippen LogP contribution in [0.1, 0.15) is 38.5 Å². The Hall–Kier alpha value is -1.85. The van der Waals surface area contributed by atoms with Gasteiger partial charge >= 0.3 is 0 Å². The maximum atomic E-state index is 12.3. The first-order valence-electron chi connectivity index (χ1n) is 7.77. The van der Waals surface area contributed by atoms with Crippen LogP contribution in [0.3, 0.4) is 0 Å². The van der Waals surface area contributed by atoms with E-state index in [9.17, 15) is 9.59 Å². The summed E-state index contributed by atoms with van der Waals surface area (Å²) in [5, 5.41) is 7.00. The predicted molar refractivity (Wildman–Crippen MR) is 79.5 cm³/mol. The third-order valence-corrected chi connectivity index (χ3v) is 3.75. The van der Waals surface area contributed by atoms with Crippen molar-refractivity contribution in [2.24, 2.45) is 0 Å². The van der Waals surface area contributed by atoms with Crippen molar-refractivity contribution in [3.05, 3.63) is 18.5 Å². The molecule has 1 aliphatic heterocycles. The Bertz CT molecular complexity index is 445. The van der Waals surface area contributed by atoms with E-state index in [-0.39, 0.29) is 11.8 Å². The molecule has 2 heterocycles. The lowest BCUT2D eigenvalue weighted by Gasteiger charge is -2.22. The minimum Gasteiger partial charge on any atom is -0.356 e. The van der Waals surface area contributed by atoms with Crippen LogP contribution in [-0.2, 0) is 16.1 Å². The number of aromatic nitrogens is 2. The summed E-state index contributed by atoms with van der Waals surface area (Å²) in [6.45, 7) is 2.62. The first-order valence-corrected chi connectivity index (χ1v) is 7.77. The zero-order chi connectivity index (χ0) is 14.9. The summed E-state index contributed by atoms with van der Waals surface area (Å²) in [6.07, 6.45) is 8.65. The number of rotatable bonds is 3. The minimum absolute atomic E-state index is 0.0433. The van der Waals surface area contributed by atoms with E-state index < -0.39 is 0 Å². The van der Waals surface area contributed by atoms with Gasteiger partial charge in [0.2, 0.25) is 11.8 Å². The quantitative estimate of drug-likeness (QED) is 0.909. The van der Waals surface area contributed by atoms with Crippen molar-refractivity contribution in [2.45, 2.75) is 45.1 Å². The van der Waals surface area contributed by atoms with E-state index in [1.54, 1.807) is 10.9 Å². The lowest BCUT2D eigenvalue weighted by atomic mass is 10.2. The van der Waals surface area contributed by atoms with Crippen molar-refractivity contribution in [2.75, 3.05) is 19.6 Å². The molecule has 1 aromatic rings. The summed E-state index contributed by atoms with van der Waals surface area (Å²) in [5.41, 5.74) is 0. The largest absolute Gasteiger partial charge is 0.356 e. The van der Waals surface area contributed by atoms with Gasteiger partial charge in [-0.25, -0.2) is 0 Å². The Kier molecular flexibility index (Phi) is 6.24. The van der Waals surface area contributed by atoms with E-state index in [1.807, 2.05) is 17.2 Å². The smallest absolute Gasteiger partial charge is 0.224 e. The molecule has 116 valence electrons. The Labute approximate surface area is 125 Å². The molecule has 0 saturated carbocycles. The molecule has 0 atom stereocenters. The molecule has 0 radical (unpaired) electrons. The molecule has 0 spiro atoms. The molecule has 1 saturated heterocycles. The van der Waals surface area contributed by atoms with Gasteiger partial charge < -0.3 is 10.2 Å². The average molecular weight is 292 g/mol. The monoisotopic (exact) mass is 292 g/mol. The van der Waals surface area contributed by atoms with Crippen LogP contribution in [0.5, 0.6) is 0 Å². The van der Waals surface area contributed by atoms with Gasteiger partial charge in [-0.3, -0.25) is 14.3 Å². The molecule has 2 amide bonds. The predicted octanol–water partition coefficient (Wildman–Crippen LogP) is 1.18. The SMILES string of the molecule is O=C1CCN(C(=O)CCn2cccn2)CCCCCCN1. The standard InChI is InChI=1S/C15H24N4O2/c20-14-6-12-18(10-4-2-1-3-8-16-14)15(21)7-13-19-11-5-9-17-19/h5,9,11H,1-4,6-8,10,12-13H2,(H,16,20). The molecule has 0 aliphatic carbocycles. The summed E-state index contributed by atoms with van der Waals surface area (Å²) in [5.74, 6) is 0.152. The highest BCUT2D eigenvalue weighted by Crippen LogP contribution is 2.06. The molecule has 2 rings (SSSR count). The molecule has 1 aromatic heterocycles. The van der Waals surface area contributed by atoms with Gasteiger partial charge in [0.05, 0.1) is 0 Å². The van der Waals surface area contributed by atoms with Gasteiger partial charge in [0.15, 0.2) is 0 Å². The van der Waals surface area contributed by atoms with E-state index in [0.717, 1.165) is 38.8 Å². The number of hydrogen-bond acceptors (Lipinski definition) is 3. The third kappa shape index (κ3) is 5.57. The summed E-state index contributed by atoms with van der Waals surface area (Å²) >= 11 is 0. The highest BCUT2D eigenvalue weighted by molar-refractivity contribution is 5.79. The maximum Gasteiger partial charge on any atom is 0.224 e. The van der Waals surface area contributed by atoms with Crippen LogP contribution in [-0.4, -0.2) is 46.1 Å². The molecule has 1 fully saturated rings. The van der Waals surface area contributed by atoms with E-state index in [4.69, 9.17) is 0 Å². The van der Waals surface area contributed by atoms with Gasteiger partial charge in [0, 0.05) is 51.4 Å². The Balaban J connectivity index is 1.84. The van der Waals surface area contributed by atoms with Crippen molar-refractivity contribution in [1.82, 2.24) is 20.0 Å². The molecule has 21 heavy (non-hydrogen) atoms. The molecular weight excluding hydrogens is 268 g/mol. The molecule has 0 aromatic carbocycles.